The van der Waals surface area contributed by atoms with Crippen LogP contribution in [-0.4, -0.2) is 48.1 Å². The molecule has 1 aliphatic heterocycles. The summed E-state index contributed by atoms with van der Waals surface area (Å²) in [7, 11) is -4.23. The summed E-state index contributed by atoms with van der Waals surface area (Å²) in [5.41, 5.74) is -0.809. The van der Waals surface area contributed by atoms with Crippen LogP contribution in [0.3, 0.4) is 0 Å². The van der Waals surface area contributed by atoms with E-state index >= 15 is 0 Å². The first kappa shape index (κ1) is 15.2. The Morgan fingerprint density at radius 1 is 1.45 bits per heavy atom. The Morgan fingerprint density at radius 2 is 2.10 bits per heavy atom. The van der Waals surface area contributed by atoms with Crippen LogP contribution in [0.2, 0.25) is 5.02 Å². The number of benzene rings is 1. The average Bonchev–Trinajstić information content (AvgIpc) is 2.78. The minimum Gasteiger partial charge on any atom is -0.478 e. The van der Waals surface area contributed by atoms with Crippen molar-refractivity contribution in [2.75, 3.05) is 13.1 Å². The number of aromatic carboxylic acids is 1. The highest BCUT2D eigenvalue weighted by molar-refractivity contribution is 7.89. The zero-order valence-electron chi connectivity index (χ0n) is 10.1. The number of rotatable bonds is 3. The molecule has 2 N–H and O–H groups in total. The lowest BCUT2D eigenvalue weighted by Gasteiger charge is -2.17. The number of hydrogen-bond acceptors (Lipinski definition) is 4. The fraction of sp³-hybridized carbons (Fsp3) is 0.364. The number of sulfonamides is 1. The summed E-state index contributed by atoms with van der Waals surface area (Å²) in [4.78, 5) is 10.1. The number of carbonyl (C=O) groups is 1. The summed E-state index contributed by atoms with van der Waals surface area (Å²) in [6, 6.07) is 1.71. The predicted molar refractivity (Wildman–Crippen MR) is 67.8 cm³/mol. The SMILES string of the molecule is O=C(O)c1cc(Cl)cc(S(=O)(=O)N2CC[C@H](O)C2)c1F. The van der Waals surface area contributed by atoms with Crippen molar-refractivity contribution in [1.82, 2.24) is 4.31 Å². The van der Waals surface area contributed by atoms with Crippen LogP contribution in [0.4, 0.5) is 4.39 Å². The van der Waals surface area contributed by atoms with Crippen molar-refractivity contribution in [2.24, 2.45) is 0 Å². The molecule has 0 unspecified atom stereocenters. The van der Waals surface area contributed by atoms with Crippen molar-refractivity contribution in [3.8, 4) is 0 Å². The Kier molecular flexibility index (Phi) is 4.01. The van der Waals surface area contributed by atoms with Gasteiger partial charge in [0.2, 0.25) is 10.0 Å². The van der Waals surface area contributed by atoms with Gasteiger partial charge < -0.3 is 10.2 Å². The van der Waals surface area contributed by atoms with E-state index in [0.717, 1.165) is 16.4 Å². The summed E-state index contributed by atoms with van der Waals surface area (Å²) in [6.45, 7) is -0.117. The minimum atomic E-state index is -4.23. The fourth-order valence-electron chi connectivity index (χ4n) is 1.98. The van der Waals surface area contributed by atoms with Gasteiger partial charge in [-0.25, -0.2) is 17.6 Å². The Labute approximate surface area is 119 Å². The second-order valence-corrected chi connectivity index (χ2v) is 6.72. The van der Waals surface area contributed by atoms with Gasteiger partial charge in [0.15, 0.2) is 5.82 Å². The minimum absolute atomic E-state index is 0.0395. The molecule has 1 fully saturated rings. The Bertz CT molecular complexity index is 663. The van der Waals surface area contributed by atoms with Crippen LogP contribution < -0.4 is 0 Å². The summed E-state index contributed by atoms with van der Waals surface area (Å²) in [6.07, 6.45) is -0.571. The third-order valence-corrected chi connectivity index (χ3v) is 5.06. The highest BCUT2D eigenvalue weighted by Crippen LogP contribution is 2.28. The zero-order valence-corrected chi connectivity index (χ0v) is 11.7. The quantitative estimate of drug-likeness (QED) is 0.863. The van der Waals surface area contributed by atoms with E-state index < -0.39 is 38.4 Å². The number of carboxylic acid groups (broad SMARTS) is 1. The van der Waals surface area contributed by atoms with Gasteiger partial charge in [-0.3, -0.25) is 0 Å². The van der Waals surface area contributed by atoms with Crippen molar-refractivity contribution in [1.29, 1.82) is 0 Å². The second-order valence-electron chi connectivity index (χ2n) is 4.38. The topological polar surface area (TPSA) is 94.9 Å². The van der Waals surface area contributed by atoms with Crippen LogP contribution in [-0.2, 0) is 10.0 Å². The van der Waals surface area contributed by atoms with Crippen molar-refractivity contribution in [2.45, 2.75) is 17.4 Å². The van der Waals surface area contributed by atoms with Gasteiger partial charge in [-0.05, 0) is 18.6 Å². The summed E-state index contributed by atoms with van der Waals surface area (Å²) >= 11 is 5.65. The van der Waals surface area contributed by atoms with E-state index in [1.165, 1.54) is 0 Å². The van der Waals surface area contributed by atoms with E-state index in [1.54, 1.807) is 0 Å². The smallest absolute Gasteiger partial charge is 0.338 e. The molecule has 1 saturated heterocycles. The molecule has 0 saturated carbocycles. The average molecular weight is 324 g/mol. The van der Waals surface area contributed by atoms with Crippen LogP contribution >= 0.6 is 11.6 Å². The molecule has 1 aliphatic rings. The van der Waals surface area contributed by atoms with E-state index in [-0.39, 0.29) is 24.5 Å². The first-order valence-electron chi connectivity index (χ1n) is 5.64. The van der Waals surface area contributed by atoms with E-state index in [4.69, 9.17) is 16.7 Å². The molecule has 20 heavy (non-hydrogen) atoms. The monoisotopic (exact) mass is 323 g/mol. The fourth-order valence-corrected chi connectivity index (χ4v) is 3.86. The van der Waals surface area contributed by atoms with E-state index in [9.17, 15) is 22.7 Å². The second kappa shape index (κ2) is 5.28. The number of halogens is 2. The number of carboxylic acids is 1. The molecule has 0 amide bonds. The van der Waals surface area contributed by atoms with Crippen molar-refractivity contribution < 1.29 is 27.8 Å². The van der Waals surface area contributed by atoms with Gasteiger partial charge >= 0.3 is 5.97 Å². The highest BCUT2D eigenvalue weighted by Gasteiger charge is 2.35. The molecule has 2 rings (SSSR count). The summed E-state index contributed by atoms with van der Waals surface area (Å²) in [5, 5.41) is 18.0. The van der Waals surface area contributed by atoms with Crippen LogP contribution in [0.25, 0.3) is 0 Å². The van der Waals surface area contributed by atoms with Crippen LogP contribution in [0.15, 0.2) is 17.0 Å². The van der Waals surface area contributed by atoms with Gasteiger partial charge in [0, 0.05) is 18.1 Å². The summed E-state index contributed by atoms with van der Waals surface area (Å²) < 4.78 is 39.4. The molecular weight excluding hydrogens is 313 g/mol. The molecule has 0 aromatic heterocycles. The number of β-amino-alcohol motifs (C(OH)–C–C–N with tert-alkyl or cyclic N) is 1. The van der Waals surface area contributed by atoms with E-state index in [2.05, 4.69) is 0 Å². The number of aliphatic hydroxyl groups excluding tert-OH is 1. The Morgan fingerprint density at radius 3 is 2.60 bits per heavy atom. The zero-order chi connectivity index (χ0) is 15.1. The molecule has 6 nitrogen and oxygen atoms in total. The largest absolute Gasteiger partial charge is 0.478 e. The third-order valence-electron chi connectivity index (χ3n) is 2.98. The standard InChI is InChI=1S/C11H11ClFNO5S/c12-6-3-8(11(16)17)10(13)9(4-6)20(18,19)14-2-1-7(15)5-14/h3-4,7,15H,1-2,5H2,(H,16,17)/t7-/m0/s1. The van der Waals surface area contributed by atoms with Crippen molar-refractivity contribution >= 4 is 27.6 Å². The van der Waals surface area contributed by atoms with E-state index in [1.807, 2.05) is 0 Å². The maximum atomic E-state index is 14.0. The summed E-state index contributed by atoms with van der Waals surface area (Å²) in [5.74, 6) is -2.97. The molecular formula is C11H11ClFNO5S. The lowest BCUT2D eigenvalue weighted by atomic mass is 10.2. The van der Waals surface area contributed by atoms with Gasteiger partial charge in [0.1, 0.15) is 4.90 Å². The molecule has 1 atom stereocenters. The van der Waals surface area contributed by atoms with E-state index in [0.29, 0.717) is 0 Å². The van der Waals surface area contributed by atoms with Crippen LogP contribution in [0, 0.1) is 5.82 Å². The van der Waals surface area contributed by atoms with Gasteiger partial charge in [-0.2, -0.15) is 4.31 Å². The molecule has 0 radical (unpaired) electrons. The predicted octanol–water partition coefficient (Wildman–Crippen LogP) is 0.933. The lowest BCUT2D eigenvalue weighted by molar-refractivity contribution is 0.0691. The molecule has 0 aliphatic carbocycles. The number of hydrogen-bond donors (Lipinski definition) is 2. The van der Waals surface area contributed by atoms with Gasteiger partial charge in [0.25, 0.3) is 0 Å². The molecule has 0 bridgehead atoms. The number of aliphatic hydroxyl groups is 1. The Hall–Kier alpha value is -1.22. The molecule has 0 spiro atoms. The highest BCUT2D eigenvalue weighted by atomic mass is 35.5. The molecule has 1 aromatic rings. The molecule has 1 aromatic carbocycles. The number of nitrogens with zero attached hydrogens (tertiary/aromatic N) is 1. The van der Waals surface area contributed by atoms with Crippen molar-refractivity contribution in [3.63, 3.8) is 0 Å². The van der Waals surface area contributed by atoms with Gasteiger partial charge in [0.05, 0.1) is 11.7 Å². The normalized spacial score (nSPS) is 20.2. The van der Waals surface area contributed by atoms with Gasteiger partial charge in [-0.1, -0.05) is 11.6 Å². The van der Waals surface area contributed by atoms with Crippen LogP contribution in [0.1, 0.15) is 16.8 Å². The first-order chi connectivity index (χ1) is 9.23. The van der Waals surface area contributed by atoms with Gasteiger partial charge in [-0.15, -0.1) is 0 Å². The maximum absolute atomic E-state index is 14.0. The Balaban J connectivity index is 2.55. The lowest BCUT2D eigenvalue weighted by Crippen LogP contribution is -2.30. The van der Waals surface area contributed by atoms with Crippen molar-refractivity contribution in [3.05, 3.63) is 28.5 Å². The third kappa shape index (κ3) is 2.64. The molecule has 9 heteroatoms. The van der Waals surface area contributed by atoms with Crippen LogP contribution in [0.5, 0.6) is 0 Å². The molecule has 1 heterocycles. The first-order valence-corrected chi connectivity index (χ1v) is 7.46. The molecule has 110 valence electrons. The maximum Gasteiger partial charge on any atom is 0.338 e.